The second-order valence-corrected chi connectivity index (χ2v) is 3.46. The summed E-state index contributed by atoms with van der Waals surface area (Å²) >= 11 is 0. The summed E-state index contributed by atoms with van der Waals surface area (Å²) in [6, 6.07) is 8.24. The molecular formula is C12H12O2. The second kappa shape index (κ2) is 3.76. The van der Waals surface area contributed by atoms with E-state index in [0.29, 0.717) is 0 Å². The van der Waals surface area contributed by atoms with E-state index < -0.39 is 0 Å². The van der Waals surface area contributed by atoms with Crippen molar-refractivity contribution in [3.63, 3.8) is 0 Å². The van der Waals surface area contributed by atoms with Gasteiger partial charge in [0.05, 0.1) is 0 Å². The highest BCUT2D eigenvalue weighted by molar-refractivity contribution is 5.65. The van der Waals surface area contributed by atoms with Gasteiger partial charge >= 0.3 is 0 Å². The van der Waals surface area contributed by atoms with E-state index in [1.807, 2.05) is 12.1 Å². The molecule has 0 aliphatic carbocycles. The van der Waals surface area contributed by atoms with E-state index in [-0.39, 0.29) is 12.2 Å². The van der Waals surface area contributed by atoms with Crippen molar-refractivity contribution in [1.82, 2.24) is 0 Å². The highest BCUT2D eigenvalue weighted by Gasteiger charge is 2.37. The standard InChI is InChI=1S/C12H12O2/c1-9-4-2-5-10(8-9)12-11(14-12)6-3-7-13/h2-8,11-12H,1H3/b6-3+/t11-,12-/m1/s1. The van der Waals surface area contributed by atoms with Gasteiger partial charge in [0.1, 0.15) is 18.5 Å². The smallest absolute Gasteiger partial charge is 0.142 e. The maximum absolute atomic E-state index is 10.1. The predicted molar refractivity (Wildman–Crippen MR) is 54.0 cm³/mol. The van der Waals surface area contributed by atoms with Crippen molar-refractivity contribution < 1.29 is 9.53 Å². The Bertz CT molecular complexity index is 368. The number of aldehydes is 1. The average Bonchev–Trinajstić information content (AvgIpc) is 2.94. The second-order valence-electron chi connectivity index (χ2n) is 3.46. The minimum Gasteiger partial charge on any atom is -0.360 e. The molecule has 0 spiro atoms. The summed E-state index contributed by atoms with van der Waals surface area (Å²) in [5.41, 5.74) is 2.42. The van der Waals surface area contributed by atoms with Gasteiger partial charge in [-0.1, -0.05) is 29.8 Å². The van der Waals surface area contributed by atoms with Gasteiger partial charge in [-0.2, -0.15) is 0 Å². The van der Waals surface area contributed by atoms with Crippen LogP contribution < -0.4 is 0 Å². The summed E-state index contributed by atoms with van der Waals surface area (Å²) in [6.07, 6.45) is 4.28. The molecule has 0 saturated carbocycles. The third-order valence-electron chi connectivity index (χ3n) is 2.28. The van der Waals surface area contributed by atoms with Crippen LogP contribution in [0.3, 0.4) is 0 Å². The third-order valence-corrected chi connectivity index (χ3v) is 2.28. The zero-order chi connectivity index (χ0) is 9.97. The molecule has 1 aromatic rings. The van der Waals surface area contributed by atoms with E-state index in [4.69, 9.17) is 4.74 Å². The summed E-state index contributed by atoms with van der Waals surface area (Å²) in [5, 5.41) is 0. The van der Waals surface area contributed by atoms with Crippen LogP contribution in [0.1, 0.15) is 17.2 Å². The van der Waals surface area contributed by atoms with Crippen LogP contribution in [0.4, 0.5) is 0 Å². The van der Waals surface area contributed by atoms with Crippen LogP contribution in [0, 0.1) is 6.92 Å². The van der Waals surface area contributed by atoms with E-state index in [2.05, 4.69) is 19.1 Å². The highest BCUT2D eigenvalue weighted by atomic mass is 16.6. The lowest BCUT2D eigenvalue weighted by molar-refractivity contribution is -0.104. The van der Waals surface area contributed by atoms with Crippen LogP contribution in [0.5, 0.6) is 0 Å². The number of aryl methyl sites for hydroxylation is 1. The lowest BCUT2D eigenvalue weighted by Gasteiger charge is -1.96. The Hall–Kier alpha value is -1.41. The fourth-order valence-corrected chi connectivity index (χ4v) is 1.54. The molecule has 2 atom stereocenters. The lowest BCUT2D eigenvalue weighted by atomic mass is 10.1. The minimum atomic E-state index is 0.0852. The van der Waals surface area contributed by atoms with Crippen molar-refractivity contribution in [2.45, 2.75) is 19.1 Å². The van der Waals surface area contributed by atoms with Gasteiger partial charge in [0.15, 0.2) is 0 Å². The molecule has 1 saturated heterocycles. The normalized spacial score (nSPS) is 25.2. The van der Waals surface area contributed by atoms with Gasteiger partial charge in [-0.3, -0.25) is 4.79 Å². The van der Waals surface area contributed by atoms with Crippen LogP contribution in [-0.2, 0) is 9.53 Å². The molecule has 0 radical (unpaired) electrons. The third kappa shape index (κ3) is 1.91. The molecule has 2 heteroatoms. The van der Waals surface area contributed by atoms with Crippen LogP contribution in [-0.4, -0.2) is 12.4 Å². The first-order valence-electron chi connectivity index (χ1n) is 4.65. The molecule has 1 aliphatic rings. The zero-order valence-corrected chi connectivity index (χ0v) is 8.01. The highest BCUT2D eigenvalue weighted by Crippen LogP contribution is 2.39. The Labute approximate surface area is 83.2 Å². The quantitative estimate of drug-likeness (QED) is 0.413. The number of carbonyl (C=O) groups is 1. The Balaban J connectivity index is 2.05. The number of allylic oxidation sites excluding steroid dienone is 1. The molecule has 1 aromatic carbocycles. The molecule has 1 fully saturated rings. The van der Waals surface area contributed by atoms with Crippen molar-refractivity contribution in [3.8, 4) is 0 Å². The average molecular weight is 188 g/mol. The van der Waals surface area contributed by atoms with E-state index in [9.17, 15) is 4.79 Å². The topological polar surface area (TPSA) is 29.6 Å². The summed E-state index contributed by atoms with van der Waals surface area (Å²) in [6.45, 7) is 2.06. The number of rotatable bonds is 3. The van der Waals surface area contributed by atoms with Crippen molar-refractivity contribution in [1.29, 1.82) is 0 Å². The Morgan fingerprint density at radius 3 is 3.00 bits per heavy atom. The zero-order valence-electron chi connectivity index (χ0n) is 8.01. The molecule has 0 aromatic heterocycles. The van der Waals surface area contributed by atoms with Crippen molar-refractivity contribution >= 4 is 6.29 Å². The van der Waals surface area contributed by atoms with Crippen molar-refractivity contribution in [2.75, 3.05) is 0 Å². The Morgan fingerprint density at radius 1 is 1.43 bits per heavy atom. The maximum atomic E-state index is 10.1. The lowest BCUT2D eigenvalue weighted by Crippen LogP contribution is -1.85. The maximum Gasteiger partial charge on any atom is 0.142 e. The van der Waals surface area contributed by atoms with E-state index in [1.54, 1.807) is 6.08 Å². The van der Waals surface area contributed by atoms with E-state index in [1.165, 1.54) is 17.2 Å². The number of epoxide rings is 1. The fourth-order valence-electron chi connectivity index (χ4n) is 1.54. The number of hydrogen-bond donors (Lipinski definition) is 0. The molecule has 0 unspecified atom stereocenters. The Kier molecular flexibility index (Phi) is 2.46. The molecule has 0 bridgehead atoms. The summed E-state index contributed by atoms with van der Waals surface area (Å²) < 4.78 is 5.41. The molecule has 0 amide bonds. The molecule has 0 N–H and O–H groups in total. The SMILES string of the molecule is Cc1cccc([C@H]2O[C@@H]2/C=C/C=O)c1. The molecule has 72 valence electrons. The van der Waals surface area contributed by atoms with Crippen LogP contribution >= 0.6 is 0 Å². The molecule has 2 rings (SSSR count). The number of hydrogen-bond acceptors (Lipinski definition) is 2. The largest absolute Gasteiger partial charge is 0.360 e. The molecule has 14 heavy (non-hydrogen) atoms. The summed E-state index contributed by atoms with van der Waals surface area (Å²) in [4.78, 5) is 10.1. The molecular weight excluding hydrogens is 176 g/mol. The first-order chi connectivity index (χ1) is 6.81. The summed E-state index contributed by atoms with van der Waals surface area (Å²) in [5.74, 6) is 0. The van der Waals surface area contributed by atoms with Gasteiger partial charge in [0.2, 0.25) is 0 Å². The first-order valence-corrected chi connectivity index (χ1v) is 4.65. The van der Waals surface area contributed by atoms with Crippen LogP contribution in [0.15, 0.2) is 36.4 Å². The van der Waals surface area contributed by atoms with E-state index >= 15 is 0 Å². The van der Waals surface area contributed by atoms with Gasteiger partial charge in [0.25, 0.3) is 0 Å². The number of ether oxygens (including phenoxy) is 1. The summed E-state index contributed by atoms with van der Waals surface area (Å²) in [7, 11) is 0. The fraction of sp³-hybridized carbons (Fsp3) is 0.250. The van der Waals surface area contributed by atoms with Gasteiger partial charge in [-0.05, 0) is 24.6 Å². The van der Waals surface area contributed by atoms with Gasteiger partial charge in [-0.25, -0.2) is 0 Å². The van der Waals surface area contributed by atoms with Gasteiger partial charge in [-0.15, -0.1) is 0 Å². The van der Waals surface area contributed by atoms with E-state index in [0.717, 1.165) is 6.29 Å². The number of benzene rings is 1. The molecule has 1 aliphatic heterocycles. The molecule has 2 nitrogen and oxygen atoms in total. The van der Waals surface area contributed by atoms with Gasteiger partial charge < -0.3 is 4.74 Å². The number of carbonyl (C=O) groups excluding carboxylic acids is 1. The van der Waals surface area contributed by atoms with Crippen molar-refractivity contribution in [2.24, 2.45) is 0 Å². The van der Waals surface area contributed by atoms with Crippen molar-refractivity contribution in [3.05, 3.63) is 47.5 Å². The first kappa shape index (κ1) is 9.16. The van der Waals surface area contributed by atoms with Crippen LogP contribution in [0.25, 0.3) is 0 Å². The molecule has 1 heterocycles. The van der Waals surface area contributed by atoms with Crippen LogP contribution in [0.2, 0.25) is 0 Å². The predicted octanol–water partition coefficient (Wildman–Crippen LogP) is 2.19. The van der Waals surface area contributed by atoms with Gasteiger partial charge in [0, 0.05) is 0 Å². The monoisotopic (exact) mass is 188 g/mol. The minimum absolute atomic E-state index is 0.0852. The Morgan fingerprint density at radius 2 is 2.29 bits per heavy atom.